The maximum Gasteiger partial charge on any atom is 0.306 e. The molecule has 136 valence electrons. The number of halogens is 1. The average molecular weight is 400 g/mol. The molecule has 27 heavy (non-hydrogen) atoms. The van der Waals surface area contributed by atoms with Crippen LogP contribution in [0.15, 0.2) is 30.9 Å². The van der Waals surface area contributed by atoms with E-state index in [1.54, 1.807) is 28.2 Å². The molecule has 0 saturated carbocycles. The molecule has 2 N–H and O–H groups in total. The smallest absolute Gasteiger partial charge is 0.306 e. The third kappa shape index (κ3) is 2.72. The quantitative estimate of drug-likeness (QED) is 0.542. The maximum absolute atomic E-state index is 11.4. The van der Waals surface area contributed by atoms with Gasteiger partial charge < -0.3 is 10.4 Å². The van der Waals surface area contributed by atoms with Gasteiger partial charge in [-0.05, 0) is 37.0 Å². The Hall–Kier alpha value is -2.71. The number of carbonyl (C=O) groups is 1. The van der Waals surface area contributed by atoms with Crippen molar-refractivity contribution in [1.82, 2.24) is 19.6 Å². The molecule has 1 atom stereocenters. The zero-order valence-electron chi connectivity index (χ0n) is 14.0. The number of aliphatic carboxylic acids is 1. The number of pyridine rings is 1. The number of hydrogen-bond donors (Lipinski definition) is 2. The first-order valence-electron chi connectivity index (χ1n) is 8.48. The van der Waals surface area contributed by atoms with Crippen molar-refractivity contribution >= 4 is 56.1 Å². The van der Waals surface area contributed by atoms with E-state index in [1.165, 1.54) is 6.33 Å². The highest BCUT2D eigenvalue weighted by atomic mass is 35.5. The maximum atomic E-state index is 11.4. The van der Waals surface area contributed by atoms with Crippen LogP contribution in [-0.2, 0) is 17.6 Å². The first kappa shape index (κ1) is 16.5. The summed E-state index contributed by atoms with van der Waals surface area (Å²) in [6.07, 6.45) is 6.87. The Bertz CT molecular complexity index is 1200. The van der Waals surface area contributed by atoms with Crippen molar-refractivity contribution in [2.75, 3.05) is 5.32 Å². The fraction of sp³-hybridized carbons (Fsp3) is 0.222. The molecule has 5 rings (SSSR count). The normalized spacial score (nSPS) is 16.6. The van der Waals surface area contributed by atoms with Crippen LogP contribution in [0.25, 0.3) is 15.7 Å². The number of thiophene rings is 1. The lowest BCUT2D eigenvalue weighted by atomic mass is 9.88. The zero-order valence-corrected chi connectivity index (χ0v) is 15.6. The van der Waals surface area contributed by atoms with Gasteiger partial charge in [0.2, 0.25) is 0 Å². The predicted octanol–water partition coefficient (Wildman–Crippen LogP) is 3.93. The Morgan fingerprint density at radius 3 is 3.15 bits per heavy atom. The minimum absolute atomic E-state index is 0.325. The van der Waals surface area contributed by atoms with Gasteiger partial charge in [0, 0.05) is 17.3 Å². The molecule has 4 aromatic rings. The monoisotopic (exact) mass is 399 g/mol. The van der Waals surface area contributed by atoms with Gasteiger partial charge in [-0.2, -0.15) is 5.10 Å². The van der Waals surface area contributed by atoms with E-state index in [4.69, 9.17) is 11.6 Å². The summed E-state index contributed by atoms with van der Waals surface area (Å²) in [5.74, 6) is -0.367. The topological polar surface area (TPSA) is 92.4 Å². The van der Waals surface area contributed by atoms with Crippen LogP contribution in [0.1, 0.15) is 16.9 Å². The Morgan fingerprint density at radius 2 is 2.30 bits per heavy atom. The summed E-state index contributed by atoms with van der Waals surface area (Å²) in [6.45, 7) is 0. The highest BCUT2D eigenvalue weighted by Gasteiger charge is 2.28. The fourth-order valence-corrected chi connectivity index (χ4v) is 5.04. The summed E-state index contributed by atoms with van der Waals surface area (Å²) >= 11 is 7.96. The van der Waals surface area contributed by atoms with E-state index in [0.29, 0.717) is 30.1 Å². The number of aromatic nitrogens is 4. The summed E-state index contributed by atoms with van der Waals surface area (Å²) < 4.78 is 1.71. The van der Waals surface area contributed by atoms with E-state index in [2.05, 4.69) is 20.4 Å². The first-order chi connectivity index (χ1) is 13.1. The standard InChI is InChI=1S/C18H14ClN5O2S/c19-12-7-24-10(3-4-22-24)6-13(12)23-16-15-11-2-1-9(18(25)26)5-14(11)27-17(15)21-8-20-16/h3-4,6-9H,1-2,5H2,(H,25,26)(H,20,21,23). The molecule has 9 heteroatoms. The molecule has 1 unspecified atom stereocenters. The van der Waals surface area contributed by atoms with E-state index in [-0.39, 0.29) is 5.92 Å². The van der Waals surface area contributed by atoms with Crippen LogP contribution in [-0.4, -0.2) is 30.7 Å². The highest BCUT2D eigenvalue weighted by Crippen LogP contribution is 2.41. The summed E-state index contributed by atoms with van der Waals surface area (Å²) in [4.78, 5) is 22.1. The van der Waals surface area contributed by atoms with Crippen LogP contribution in [0.3, 0.4) is 0 Å². The Labute approximate surface area is 162 Å². The summed E-state index contributed by atoms with van der Waals surface area (Å²) in [5.41, 5.74) is 2.81. The van der Waals surface area contributed by atoms with Gasteiger partial charge in [0.05, 0.1) is 27.5 Å². The van der Waals surface area contributed by atoms with Crippen molar-refractivity contribution < 1.29 is 9.90 Å². The molecular formula is C18H14ClN5O2S. The molecular weight excluding hydrogens is 386 g/mol. The van der Waals surface area contributed by atoms with Gasteiger partial charge in [0.15, 0.2) is 0 Å². The van der Waals surface area contributed by atoms with Gasteiger partial charge in [-0.15, -0.1) is 11.3 Å². The van der Waals surface area contributed by atoms with E-state index in [9.17, 15) is 9.90 Å². The lowest BCUT2D eigenvalue weighted by molar-refractivity contribution is -0.142. The van der Waals surface area contributed by atoms with Crippen LogP contribution < -0.4 is 5.32 Å². The second-order valence-corrected chi connectivity index (χ2v) is 8.04. The molecule has 4 heterocycles. The van der Waals surface area contributed by atoms with Crippen LogP contribution in [0.4, 0.5) is 11.5 Å². The van der Waals surface area contributed by atoms with Gasteiger partial charge in [-0.25, -0.2) is 14.5 Å². The molecule has 7 nitrogen and oxygen atoms in total. The van der Waals surface area contributed by atoms with Gasteiger partial charge in [0.25, 0.3) is 0 Å². The Balaban J connectivity index is 1.59. The van der Waals surface area contributed by atoms with Crippen LogP contribution >= 0.6 is 22.9 Å². The third-order valence-electron chi connectivity index (χ3n) is 4.93. The molecule has 0 aliphatic heterocycles. The minimum atomic E-state index is -0.733. The number of carboxylic acid groups (broad SMARTS) is 1. The van der Waals surface area contributed by atoms with Crippen molar-refractivity contribution in [2.45, 2.75) is 19.3 Å². The van der Waals surface area contributed by atoms with Crippen molar-refractivity contribution in [3.05, 3.63) is 46.3 Å². The van der Waals surface area contributed by atoms with Crippen molar-refractivity contribution in [3.63, 3.8) is 0 Å². The van der Waals surface area contributed by atoms with Crippen molar-refractivity contribution in [3.8, 4) is 0 Å². The van der Waals surface area contributed by atoms with Gasteiger partial charge in [-0.1, -0.05) is 11.6 Å². The lowest BCUT2D eigenvalue weighted by Crippen LogP contribution is -2.21. The molecule has 4 aromatic heterocycles. The van der Waals surface area contributed by atoms with E-state index in [1.807, 2.05) is 12.1 Å². The molecule has 0 radical (unpaired) electrons. The Morgan fingerprint density at radius 1 is 1.41 bits per heavy atom. The number of fused-ring (bicyclic) bond motifs is 4. The van der Waals surface area contributed by atoms with E-state index >= 15 is 0 Å². The summed E-state index contributed by atoms with van der Waals surface area (Å²) in [6, 6.07) is 3.82. The molecule has 1 aliphatic rings. The van der Waals surface area contributed by atoms with E-state index < -0.39 is 5.97 Å². The fourth-order valence-electron chi connectivity index (χ4n) is 3.58. The lowest BCUT2D eigenvalue weighted by Gasteiger charge is -2.18. The number of rotatable bonds is 3. The number of hydrogen-bond acceptors (Lipinski definition) is 6. The molecule has 0 fully saturated rings. The van der Waals surface area contributed by atoms with Crippen molar-refractivity contribution in [1.29, 1.82) is 0 Å². The Kier molecular flexibility index (Phi) is 3.76. The average Bonchev–Trinajstić information content (AvgIpc) is 3.25. The summed E-state index contributed by atoms with van der Waals surface area (Å²) in [5, 5.41) is 18.3. The molecule has 0 aromatic carbocycles. The number of aryl methyl sites for hydroxylation is 1. The SMILES string of the molecule is O=C(O)C1CCc2c(sc3ncnc(Nc4cc5ccnn5cc4Cl)c23)C1. The zero-order chi connectivity index (χ0) is 18.5. The third-order valence-corrected chi connectivity index (χ3v) is 6.40. The van der Waals surface area contributed by atoms with Gasteiger partial charge in [-0.3, -0.25) is 4.79 Å². The largest absolute Gasteiger partial charge is 0.481 e. The molecule has 0 amide bonds. The first-order valence-corrected chi connectivity index (χ1v) is 9.67. The summed E-state index contributed by atoms with van der Waals surface area (Å²) in [7, 11) is 0. The number of anilines is 2. The second kappa shape index (κ2) is 6.17. The molecule has 1 aliphatic carbocycles. The van der Waals surface area contributed by atoms with Crippen molar-refractivity contribution in [2.24, 2.45) is 5.92 Å². The van der Waals surface area contributed by atoms with Crippen LogP contribution in [0.5, 0.6) is 0 Å². The number of nitrogens with one attached hydrogen (secondary N) is 1. The molecule has 0 spiro atoms. The number of nitrogens with zero attached hydrogens (tertiary/aromatic N) is 4. The minimum Gasteiger partial charge on any atom is -0.481 e. The molecule has 0 bridgehead atoms. The molecule has 0 saturated heterocycles. The highest BCUT2D eigenvalue weighted by molar-refractivity contribution is 7.19. The van der Waals surface area contributed by atoms with Gasteiger partial charge in [0.1, 0.15) is 17.0 Å². The number of carboxylic acids is 1. The second-order valence-electron chi connectivity index (χ2n) is 6.54. The van der Waals surface area contributed by atoms with Crippen LogP contribution in [0.2, 0.25) is 5.02 Å². The van der Waals surface area contributed by atoms with Crippen LogP contribution in [0, 0.1) is 5.92 Å². The van der Waals surface area contributed by atoms with E-state index in [0.717, 1.165) is 31.9 Å². The predicted molar refractivity (Wildman–Crippen MR) is 104 cm³/mol. The van der Waals surface area contributed by atoms with Gasteiger partial charge >= 0.3 is 5.97 Å².